The van der Waals surface area contributed by atoms with E-state index in [1.54, 1.807) is 16.8 Å². The zero-order valence-electron chi connectivity index (χ0n) is 16.7. The first-order valence-corrected chi connectivity index (χ1v) is 12.2. The third-order valence-electron chi connectivity index (χ3n) is 4.12. The highest BCUT2D eigenvalue weighted by Gasteiger charge is 2.19. The SMILES string of the molecule is CCc1nnc(SCc2ccccc2)n1NC(=S)NC(=O)c1cc(Br)cc(Br)c1OC. The molecular formula is C20H19Br2N5O2S2. The van der Waals surface area contributed by atoms with E-state index < -0.39 is 5.91 Å². The molecule has 0 spiro atoms. The summed E-state index contributed by atoms with van der Waals surface area (Å²) in [6, 6.07) is 13.5. The number of hydrogen-bond acceptors (Lipinski definition) is 6. The van der Waals surface area contributed by atoms with E-state index in [9.17, 15) is 4.79 Å². The lowest BCUT2D eigenvalue weighted by molar-refractivity contribution is 0.0974. The van der Waals surface area contributed by atoms with E-state index in [1.165, 1.54) is 24.4 Å². The van der Waals surface area contributed by atoms with Crippen molar-refractivity contribution >= 4 is 66.9 Å². The van der Waals surface area contributed by atoms with Crippen LogP contribution in [0.25, 0.3) is 0 Å². The monoisotopic (exact) mass is 583 g/mol. The van der Waals surface area contributed by atoms with Gasteiger partial charge in [-0.2, -0.15) is 0 Å². The van der Waals surface area contributed by atoms with Crippen LogP contribution in [0.15, 0.2) is 56.6 Å². The maximum Gasteiger partial charge on any atom is 0.261 e. The van der Waals surface area contributed by atoms with Crippen molar-refractivity contribution in [2.45, 2.75) is 24.3 Å². The van der Waals surface area contributed by atoms with E-state index in [4.69, 9.17) is 17.0 Å². The number of aryl methyl sites for hydroxylation is 1. The Bertz CT molecular complexity index is 1090. The smallest absolute Gasteiger partial charge is 0.261 e. The van der Waals surface area contributed by atoms with Gasteiger partial charge >= 0.3 is 0 Å². The summed E-state index contributed by atoms with van der Waals surface area (Å²) in [6.45, 7) is 1.97. The molecule has 0 unspecified atom stereocenters. The van der Waals surface area contributed by atoms with Crippen molar-refractivity contribution in [1.82, 2.24) is 20.2 Å². The molecule has 1 heterocycles. The zero-order chi connectivity index (χ0) is 22.4. The van der Waals surface area contributed by atoms with E-state index in [1.807, 2.05) is 25.1 Å². The highest BCUT2D eigenvalue weighted by Crippen LogP contribution is 2.32. The van der Waals surface area contributed by atoms with Crippen molar-refractivity contribution < 1.29 is 9.53 Å². The van der Waals surface area contributed by atoms with Crippen molar-refractivity contribution in [3.8, 4) is 5.75 Å². The minimum absolute atomic E-state index is 0.124. The Labute approximate surface area is 206 Å². The molecule has 1 aromatic heterocycles. The number of nitrogens with one attached hydrogen (secondary N) is 2. The maximum absolute atomic E-state index is 12.8. The molecule has 1 amide bonds. The van der Waals surface area contributed by atoms with Crippen molar-refractivity contribution in [1.29, 1.82) is 0 Å². The van der Waals surface area contributed by atoms with Gasteiger partial charge in [0.1, 0.15) is 5.75 Å². The largest absolute Gasteiger partial charge is 0.495 e. The number of thioether (sulfide) groups is 1. The molecule has 3 aromatic rings. The van der Waals surface area contributed by atoms with Crippen LogP contribution < -0.4 is 15.5 Å². The average molecular weight is 585 g/mol. The van der Waals surface area contributed by atoms with Crippen LogP contribution in [0.5, 0.6) is 5.75 Å². The van der Waals surface area contributed by atoms with E-state index in [-0.39, 0.29) is 5.11 Å². The molecule has 0 fully saturated rings. The number of aromatic nitrogens is 3. The van der Waals surface area contributed by atoms with E-state index in [2.05, 4.69) is 64.9 Å². The van der Waals surface area contributed by atoms with Crippen molar-refractivity contribution in [2.75, 3.05) is 12.5 Å². The van der Waals surface area contributed by atoms with E-state index >= 15 is 0 Å². The molecule has 0 aliphatic rings. The molecule has 0 radical (unpaired) electrons. The fourth-order valence-electron chi connectivity index (χ4n) is 2.69. The molecule has 0 saturated heterocycles. The van der Waals surface area contributed by atoms with Gasteiger partial charge in [0.05, 0.1) is 17.1 Å². The number of hydrogen-bond donors (Lipinski definition) is 2. The summed E-state index contributed by atoms with van der Waals surface area (Å²) in [7, 11) is 1.50. The number of carbonyl (C=O) groups is 1. The van der Waals surface area contributed by atoms with Crippen LogP contribution in [0.2, 0.25) is 0 Å². The first-order valence-electron chi connectivity index (χ1n) is 9.19. The van der Waals surface area contributed by atoms with Crippen molar-refractivity contribution in [2.24, 2.45) is 0 Å². The molecule has 3 rings (SSSR count). The molecule has 31 heavy (non-hydrogen) atoms. The number of amides is 1. The van der Waals surface area contributed by atoms with Gasteiger partial charge in [-0.1, -0.05) is 64.9 Å². The topological polar surface area (TPSA) is 81.1 Å². The fourth-order valence-corrected chi connectivity index (χ4v) is 5.13. The zero-order valence-corrected chi connectivity index (χ0v) is 21.5. The lowest BCUT2D eigenvalue weighted by atomic mass is 10.2. The Hall–Kier alpha value is -1.95. The summed E-state index contributed by atoms with van der Waals surface area (Å²) in [4.78, 5) is 12.8. The maximum atomic E-state index is 12.8. The van der Waals surface area contributed by atoms with Gasteiger partial charge in [0, 0.05) is 16.6 Å². The second kappa shape index (κ2) is 11.1. The van der Waals surface area contributed by atoms with Gasteiger partial charge in [0.25, 0.3) is 5.91 Å². The van der Waals surface area contributed by atoms with E-state index in [0.717, 1.165) is 10.2 Å². The van der Waals surface area contributed by atoms with Crippen LogP contribution in [0.1, 0.15) is 28.7 Å². The molecule has 0 aliphatic heterocycles. The Morgan fingerprint density at radius 2 is 1.97 bits per heavy atom. The Balaban J connectivity index is 1.73. The van der Waals surface area contributed by atoms with Crippen LogP contribution in [-0.4, -0.2) is 33.0 Å². The Morgan fingerprint density at radius 1 is 1.23 bits per heavy atom. The molecule has 0 bridgehead atoms. The number of carbonyl (C=O) groups excluding carboxylic acids is 1. The summed E-state index contributed by atoms with van der Waals surface area (Å²) < 4.78 is 8.43. The average Bonchev–Trinajstić information content (AvgIpc) is 3.13. The highest BCUT2D eigenvalue weighted by molar-refractivity contribution is 9.11. The number of thiocarbonyl (C=S) groups is 1. The van der Waals surface area contributed by atoms with Crippen LogP contribution in [-0.2, 0) is 12.2 Å². The molecule has 162 valence electrons. The third-order valence-corrected chi connectivity index (χ3v) is 6.37. The molecule has 0 aliphatic carbocycles. The lowest BCUT2D eigenvalue weighted by Crippen LogP contribution is -2.39. The summed E-state index contributed by atoms with van der Waals surface area (Å²) in [5.74, 6) is 1.45. The number of nitrogens with zero attached hydrogens (tertiary/aromatic N) is 3. The van der Waals surface area contributed by atoms with Gasteiger partial charge in [-0.05, 0) is 45.8 Å². The highest BCUT2D eigenvalue weighted by atomic mass is 79.9. The predicted molar refractivity (Wildman–Crippen MR) is 133 cm³/mol. The third kappa shape index (κ3) is 6.06. The predicted octanol–water partition coefficient (Wildman–Crippen LogP) is 4.92. The number of rotatable bonds is 7. The van der Waals surface area contributed by atoms with Gasteiger partial charge in [-0.3, -0.25) is 15.5 Å². The number of halogens is 2. The second-order valence-corrected chi connectivity index (χ2v) is 9.35. The van der Waals surface area contributed by atoms with Crippen LogP contribution in [0, 0.1) is 0 Å². The molecule has 7 nitrogen and oxygen atoms in total. The summed E-state index contributed by atoms with van der Waals surface area (Å²) >= 11 is 13.7. The first kappa shape index (κ1) is 23.7. The van der Waals surface area contributed by atoms with E-state index in [0.29, 0.717) is 33.2 Å². The molecule has 2 aromatic carbocycles. The molecule has 0 saturated carbocycles. The Kier molecular flexibility index (Phi) is 8.47. The fraction of sp³-hybridized carbons (Fsp3) is 0.200. The molecule has 2 N–H and O–H groups in total. The van der Waals surface area contributed by atoms with Gasteiger partial charge in [0.15, 0.2) is 10.9 Å². The van der Waals surface area contributed by atoms with Gasteiger partial charge < -0.3 is 4.74 Å². The summed E-state index contributed by atoms with van der Waals surface area (Å²) in [6.07, 6.45) is 0.648. The number of ether oxygens (including phenoxy) is 1. The number of methoxy groups -OCH3 is 1. The van der Waals surface area contributed by atoms with Gasteiger partial charge in [-0.25, -0.2) is 4.68 Å². The van der Waals surface area contributed by atoms with Crippen LogP contribution in [0.4, 0.5) is 0 Å². The second-order valence-electron chi connectivity index (χ2n) is 6.23. The molecular weight excluding hydrogens is 566 g/mol. The van der Waals surface area contributed by atoms with Crippen molar-refractivity contribution in [3.05, 3.63) is 68.4 Å². The summed E-state index contributed by atoms with van der Waals surface area (Å²) in [5.41, 5.74) is 4.53. The Morgan fingerprint density at radius 3 is 2.65 bits per heavy atom. The minimum Gasteiger partial charge on any atom is -0.495 e. The first-order chi connectivity index (χ1) is 14.9. The number of benzene rings is 2. The molecule has 11 heteroatoms. The van der Waals surface area contributed by atoms with Crippen LogP contribution in [0.3, 0.4) is 0 Å². The summed E-state index contributed by atoms with van der Waals surface area (Å²) in [5, 5.41) is 11.9. The quantitative estimate of drug-likeness (QED) is 0.301. The van der Waals surface area contributed by atoms with Crippen LogP contribution >= 0.6 is 55.8 Å². The normalized spacial score (nSPS) is 10.6. The van der Waals surface area contributed by atoms with Gasteiger partial charge in [0.2, 0.25) is 5.16 Å². The minimum atomic E-state index is -0.402. The van der Waals surface area contributed by atoms with Gasteiger partial charge in [-0.15, -0.1) is 10.2 Å². The standard InChI is InChI=1S/C20H19Br2N5O2S2/c1-3-16-24-25-20(31-11-12-7-5-4-6-8-12)27(16)26-19(30)23-18(28)14-9-13(21)10-15(22)17(14)29-2/h4-10H,3,11H2,1-2H3,(H2,23,26,28,30). The van der Waals surface area contributed by atoms with Crippen molar-refractivity contribution in [3.63, 3.8) is 0 Å². The lowest BCUT2D eigenvalue weighted by Gasteiger charge is -2.15. The molecule has 0 atom stereocenters.